The van der Waals surface area contributed by atoms with E-state index in [0.29, 0.717) is 12.8 Å². The Balaban J connectivity index is 2.71. The Hall–Kier alpha value is -1.16. The van der Waals surface area contributed by atoms with E-state index in [9.17, 15) is 13.9 Å². The molecule has 0 aliphatic carbocycles. The summed E-state index contributed by atoms with van der Waals surface area (Å²) in [5.74, 6) is -1.88. The molecule has 84 valence electrons. The Morgan fingerprint density at radius 3 is 2.40 bits per heavy atom. The van der Waals surface area contributed by atoms with Crippen LogP contribution < -0.4 is 0 Å². The summed E-state index contributed by atoms with van der Waals surface area (Å²) in [5, 5.41) is 9.32. The minimum Gasteiger partial charge on any atom is -0.505 e. The van der Waals surface area contributed by atoms with Crippen LogP contribution in [-0.2, 0) is 6.42 Å². The van der Waals surface area contributed by atoms with Crippen molar-refractivity contribution in [3.8, 4) is 5.75 Å². The molecule has 0 heterocycles. The van der Waals surface area contributed by atoms with Gasteiger partial charge in [-0.15, -0.1) is 0 Å². The predicted molar refractivity (Wildman–Crippen MR) is 54.9 cm³/mol. The van der Waals surface area contributed by atoms with Gasteiger partial charge in [-0.25, -0.2) is 8.78 Å². The SMILES string of the molecule is CN(C)CCCc1c(F)ccc(F)c1O. The number of phenolic OH excluding ortho intramolecular Hbond substituents is 1. The zero-order chi connectivity index (χ0) is 11.4. The fraction of sp³-hybridized carbons (Fsp3) is 0.455. The van der Waals surface area contributed by atoms with Crippen LogP contribution in [0.15, 0.2) is 12.1 Å². The molecule has 0 aliphatic rings. The quantitative estimate of drug-likeness (QED) is 0.832. The van der Waals surface area contributed by atoms with Crippen molar-refractivity contribution < 1.29 is 13.9 Å². The minimum atomic E-state index is -0.767. The largest absolute Gasteiger partial charge is 0.505 e. The molecule has 0 unspecified atom stereocenters. The second-order valence-electron chi connectivity index (χ2n) is 3.76. The first-order valence-corrected chi connectivity index (χ1v) is 4.83. The second kappa shape index (κ2) is 5.07. The zero-order valence-corrected chi connectivity index (χ0v) is 8.93. The molecule has 1 aromatic carbocycles. The first kappa shape index (κ1) is 11.9. The van der Waals surface area contributed by atoms with Crippen LogP contribution in [0.1, 0.15) is 12.0 Å². The number of benzene rings is 1. The van der Waals surface area contributed by atoms with Crippen molar-refractivity contribution in [2.45, 2.75) is 12.8 Å². The van der Waals surface area contributed by atoms with Crippen molar-refractivity contribution in [3.05, 3.63) is 29.3 Å². The monoisotopic (exact) mass is 215 g/mol. The molecule has 1 aromatic rings. The molecule has 15 heavy (non-hydrogen) atoms. The molecule has 0 aliphatic heterocycles. The summed E-state index contributed by atoms with van der Waals surface area (Å²) < 4.78 is 26.1. The number of nitrogens with zero attached hydrogens (tertiary/aromatic N) is 1. The van der Waals surface area contributed by atoms with Crippen LogP contribution in [-0.4, -0.2) is 30.6 Å². The standard InChI is InChI=1S/C11H15F2NO/c1-14(2)7-3-4-8-9(12)5-6-10(13)11(8)15/h5-6,15H,3-4,7H2,1-2H3. The maximum atomic E-state index is 13.2. The van der Waals surface area contributed by atoms with Gasteiger partial charge in [0.2, 0.25) is 0 Å². The van der Waals surface area contributed by atoms with Gasteiger partial charge in [-0.3, -0.25) is 0 Å². The van der Waals surface area contributed by atoms with Crippen LogP contribution in [0.2, 0.25) is 0 Å². The van der Waals surface area contributed by atoms with Crippen molar-refractivity contribution in [1.82, 2.24) is 4.90 Å². The van der Waals surface area contributed by atoms with E-state index >= 15 is 0 Å². The smallest absolute Gasteiger partial charge is 0.165 e. The molecule has 0 atom stereocenters. The number of rotatable bonds is 4. The van der Waals surface area contributed by atoms with Gasteiger partial charge in [0.1, 0.15) is 5.82 Å². The Bertz CT molecular complexity index is 340. The maximum absolute atomic E-state index is 13.2. The lowest BCUT2D eigenvalue weighted by Crippen LogP contribution is -2.13. The van der Waals surface area contributed by atoms with E-state index in [0.717, 1.165) is 18.7 Å². The Morgan fingerprint density at radius 2 is 1.80 bits per heavy atom. The molecular formula is C11H15F2NO. The molecule has 2 nitrogen and oxygen atoms in total. The van der Waals surface area contributed by atoms with E-state index in [2.05, 4.69) is 0 Å². The molecule has 0 saturated carbocycles. The lowest BCUT2D eigenvalue weighted by molar-refractivity contribution is 0.389. The van der Waals surface area contributed by atoms with Crippen LogP contribution in [0.3, 0.4) is 0 Å². The topological polar surface area (TPSA) is 23.5 Å². The Morgan fingerprint density at radius 1 is 1.20 bits per heavy atom. The normalized spacial score (nSPS) is 11.0. The van der Waals surface area contributed by atoms with Gasteiger partial charge in [0, 0.05) is 5.56 Å². The number of halogens is 2. The van der Waals surface area contributed by atoms with Crippen molar-refractivity contribution >= 4 is 0 Å². The summed E-state index contributed by atoms with van der Waals surface area (Å²) >= 11 is 0. The average molecular weight is 215 g/mol. The van der Waals surface area contributed by atoms with Crippen molar-refractivity contribution in [3.63, 3.8) is 0 Å². The van der Waals surface area contributed by atoms with Crippen LogP contribution >= 0.6 is 0 Å². The molecule has 0 spiro atoms. The van der Waals surface area contributed by atoms with Gasteiger partial charge >= 0.3 is 0 Å². The maximum Gasteiger partial charge on any atom is 0.165 e. The average Bonchev–Trinajstić information content (AvgIpc) is 2.17. The summed E-state index contributed by atoms with van der Waals surface area (Å²) in [6, 6.07) is 1.97. The van der Waals surface area contributed by atoms with Crippen molar-refractivity contribution in [2.75, 3.05) is 20.6 Å². The van der Waals surface area contributed by atoms with Gasteiger partial charge in [0.25, 0.3) is 0 Å². The lowest BCUT2D eigenvalue weighted by Gasteiger charge is -2.10. The fourth-order valence-electron chi connectivity index (χ4n) is 1.39. The van der Waals surface area contributed by atoms with Crippen LogP contribution in [0.25, 0.3) is 0 Å². The lowest BCUT2D eigenvalue weighted by atomic mass is 10.1. The highest BCUT2D eigenvalue weighted by Crippen LogP contribution is 2.25. The van der Waals surface area contributed by atoms with Gasteiger partial charge in [0.05, 0.1) is 0 Å². The van der Waals surface area contributed by atoms with E-state index in [1.165, 1.54) is 0 Å². The Labute approximate surface area is 88.1 Å². The highest BCUT2D eigenvalue weighted by Gasteiger charge is 2.12. The van der Waals surface area contributed by atoms with Crippen molar-refractivity contribution in [2.24, 2.45) is 0 Å². The number of hydrogen-bond acceptors (Lipinski definition) is 2. The highest BCUT2D eigenvalue weighted by molar-refractivity contribution is 5.34. The third-order valence-corrected chi connectivity index (χ3v) is 2.21. The van der Waals surface area contributed by atoms with E-state index < -0.39 is 17.4 Å². The summed E-state index contributed by atoms with van der Waals surface area (Å²) in [6.45, 7) is 0.773. The van der Waals surface area contributed by atoms with Crippen LogP contribution in [0, 0.1) is 11.6 Å². The molecule has 4 heteroatoms. The number of aromatic hydroxyl groups is 1. The van der Waals surface area contributed by atoms with Gasteiger partial charge in [0.15, 0.2) is 11.6 Å². The van der Waals surface area contributed by atoms with Gasteiger partial charge < -0.3 is 10.0 Å². The molecule has 1 N–H and O–H groups in total. The van der Waals surface area contributed by atoms with Crippen molar-refractivity contribution in [1.29, 1.82) is 0 Å². The molecule has 0 amide bonds. The van der Waals surface area contributed by atoms with E-state index in [1.807, 2.05) is 19.0 Å². The summed E-state index contributed by atoms with van der Waals surface area (Å²) in [6.07, 6.45) is 1.02. The third kappa shape index (κ3) is 3.16. The predicted octanol–water partition coefficient (Wildman–Crippen LogP) is 2.16. The van der Waals surface area contributed by atoms with Crippen LogP contribution in [0.5, 0.6) is 5.75 Å². The van der Waals surface area contributed by atoms with Crippen LogP contribution in [0.4, 0.5) is 8.78 Å². The summed E-state index contributed by atoms with van der Waals surface area (Å²) in [7, 11) is 3.81. The van der Waals surface area contributed by atoms with Gasteiger partial charge in [-0.2, -0.15) is 0 Å². The highest BCUT2D eigenvalue weighted by atomic mass is 19.1. The summed E-state index contributed by atoms with van der Waals surface area (Å²) in [4.78, 5) is 1.95. The van der Waals surface area contributed by atoms with Gasteiger partial charge in [-0.1, -0.05) is 0 Å². The molecular weight excluding hydrogens is 200 g/mol. The van der Waals surface area contributed by atoms with E-state index in [1.54, 1.807) is 0 Å². The van der Waals surface area contributed by atoms with E-state index in [-0.39, 0.29) is 5.56 Å². The zero-order valence-electron chi connectivity index (χ0n) is 8.93. The van der Waals surface area contributed by atoms with E-state index in [4.69, 9.17) is 0 Å². The molecule has 0 bridgehead atoms. The first-order chi connectivity index (χ1) is 7.02. The third-order valence-electron chi connectivity index (χ3n) is 2.21. The number of hydrogen-bond donors (Lipinski definition) is 1. The molecule has 0 saturated heterocycles. The molecule has 1 rings (SSSR count). The minimum absolute atomic E-state index is 0.0665. The second-order valence-corrected chi connectivity index (χ2v) is 3.76. The molecule has 0 aromatic heterocycles. The molecule has 0 fully saturated rings. The number of phenols is 1. The Kier molecular flexibility index (Phi) is 4.03. The first-order valence-electron chi connectivity index (χ1n) is 4.83. The fourth-order valence-corrected chi connectivity index (χ4v) is 1.39. The van der Waals surface area contributed by atoms with Gasteiger partial charge in [-0.05, 0) is 45.6 Å². The molecule has 0 radical (unpaired) electrons. The summed E-state index contributed by atoms with van der Waals surface area (Å²) in [5.41, 5.74) is 0.0665.